The van der Waals surface area contributed by atoms with Gasteiger partial charge in [0, 0.05) is 38.3 Å². The van der Waals surface area contributed by atoms with Crippen LogP contribution in [0.15, 0.2) is 36.7 Å². The molecule has 0 unspecified atom stereocenters. The van der Waals surface area contributed by atoms with Crippen LogP contribution in [0.4, 0.5) is 11.6 Å². The van der Waals surface area contributed by atoms with E-state index >= 15 is 0 Å². The Balaban J connectivity index is 1.91. The zero-order valence-electron chi connectivity index (χ0n) is 12.8. The first-order valence-electron chi connectivity index (χ1n) is 7.12. The van der Waals surface area contributed by atoms with Gasteiger partial charge in [-0.05, 0) is 31.0 Å². The van der Waals surface area contributed by atoms with E-state index in [-0.39, 0.29) is 5.91 Å². The van der Waals surface area contributed by atoms with E-state index in [1.807, 2.05) is 31.2 Å². The minimum absolute atomic E-state index is 0.182. The Morgan fingerprint density at radius 3 is 2.73 bits per heavy atom. The lowest BCUT2D eigenvalue weighted by Gasteiger charge is -2.07. The fourth-order valence-corrected chi connectivity index (χ4v) is 1.88. The van der Waals surface area contributed by atoms with Crippen molar-refractivity contribution in [3.63, 3.8) is 0 Å². The summed E-state index contributed by atoms with van der Waals surface area (Å²) in [7, 11) is 1.63. The van der Waals surface area contributed by atoms with E-state index in [1.165, 1.54) is 12.4 Å². The van der Waals surface area contributed by atoms with Gasteiger partial charge in [0.25, 0.3) is 5.91 Å². The van der Waals surface area contributed by atoms with E-state index in [0.29, 0.717) is 24.7 Å². The molecular formula is C16H20N4O2. The Morgan fingerprint density at radius 2 is 2.05 bits per heavy atom. The molecular weight excluding hydrogens is 280 g/mol. The van der Waals surface area contributed by atoms with Crippen LogP contribution in [0, 0.1) is 6.92 Å². The van der Waals surface area contributed by atoms with Crippen molar-refractivity contribution in [2.24, 2.45) is 0 Å². The minimum atomic E-state index is -0.182. The van der Waals surface area contributed by atoms with Crippen molar-refractivity contribution in [3.8, 4) is 0 Å². The third-order valence-corrected chi connectivity index (χ3v) is 3.00. The number of hydrogen-bond donors (Lipinski definition) is 2. The maximum Gasteiger partial charge on any atom is 0.254 e. The van der Waals surface area contributed by atoms with E-state index in [2.05, 4.69) is 20.6 Å². The highest BCUT2D eigenvalue weighted by Crippen LogP contribution is 2.13. The fraction of sp³-hybridized carbons (Fsp3) is 0.312. The summed E-state index contributed by atoms with van der Waals surface area (Å²) < 4.78 is 4.93. The number of carbonyl (C=O) groups excluding carboxylic acids is 1. The van der Waals surface area contributed by atoms with Crippen LogP contribution in [-0.4, -0.2) is 36.1 Å². The Morgan fingerprint density at radius 1 is 1.27 bits per heavy atom. The van der Waals surface area contributed by atoms with Crippen LogP contribution in [0.2, 0.25) is 0 Å². The molecule has 0 aliphatic rings. The minimum Gasteiger partial charge on any atom is -0.385 e. The van der Waals surface area contributed by atoms with Gasteiger partial charge in [0.15, 0.2) is 0 Å². The summed E-state index contributed by atoms with van der Waals surface area (Å²) in [6.45, 7) is 3.20. The number of aryl methyl sites for hydroxylation is 1. The van der Waals surface area contributed by atoms with Crippen LogP contribution in [0.1, 0.15) is 22.3 Å². The Labute approximate surface area is 129 Å². The molecule has 6 nitrogen and oxygen atoms in total. The van der Waals surface area contributed by atoms with Gasteiger partial charge in [-0.1, -0.05) is 12.1 Å². The molecule has 0 spiro atoms. The number of benzene rings is 1. The van der Waals surface area contributed by atoms with Gasteiger partial charge in [-0.15, -0.1) is 0 Å². The molecule has 0 atom stereocenters. The Kier molecular flexibility index (Phi) is 5.85. The highest BCUT2D eigenvalue weighted by atomic mass is 16.5. The van der Waals surface area contributed by atoms with Crippen molar-refractivity contribution in [1.29, 1.82) is 0 Å². The molecule has 22 heavy (non-hydrogen) atoms. The molecule has 0 fully saturated rings. The van der Waals surface area contributed by atoms with Crippen LogP contribution >= 0.6 is 0 Å². The molecule has 1 aromatic carbocycles. The fourth-order valence-electron chi connectivity index (χ4n) is 1.88. The lowest BCUT2D eigenvalue weighted by molar-refractivity contribution is 0.0948. The van der Waals surface area contributed by atoms with Crippen molar-refractivity contribution >= 4 is 17.5 Å². The number of nitrogens with one attached hydrogen (secondary N) is 2. The molecule has 0 aliphatic heterocycles. The van der Waals surface area contributed by atoms with Gasteiger partial charge >= 0.3 is 0 Å². The van der Waals surface area contributed by atoms with E-state index in [9.17, 15) is 4.79 Å². The number of carbonyl (C=O) groups is 1. The first-order chi connectivity index (χ1) is 10.7. The van der Waals surface area contributed by atoms with Crippen molar-refractivity contribution in [2.75, 3.05) is 25.6 Å². The monoisotopic (exact) mass is 300 g/mol. The van der Waals surface area contributed by atoms with Crippen molar-refractivity contribution in [1.82, 2.24) is 15.3 Å². The molecule has 1 heterocycles. The zero-order chi connectivity index (χ0) is 15.8. The summed E-state index contributed by atoms with van der Waals surface area (Å²) >= 11 is 0. The Hall–Kier alpha value is -2.47. The van der Waals surface area contributed by atoms with Crippen molar-refractivity contribution in [2.45, 2.75) is 13.3 Å². The predicted molar refractivity (Wildman–Crippen MR) is 85.3 cm³/mol. The SMILES string of the molecule is COCCCNC(=O)c1cnc(Nc2cccc(C)c2)nc1. The Bertz CT molecular complexity index is 614. The summed E-state index contributed by atoms with van der Waals surface area (Å²) in [6, 6.07) is 7.91. The van der Waals surface area contributed by atoms with Crippen LogP contribution in [0.5, 0.6) is 0 Å². The molecule has 0 aliphatic carbocycles. The van der Waals surface area contributed by atoms with Crippen LogP contribution in [0.3, 0.4) is 0 Å². The largest absolute Gasteiger partial charge is 0.385 e. The topological polar surface area (TPSA) is 76.1 Å². The van der Waals surface area contributed by atoms with Crippen LogP contribution < -0.4 is 10.6 Å². The van der Waals surface area contributed by atoms with Gasteiger partial charge in [0.05, 0.1) is 5.56 Å². The second kappa shape index (κ2) is 8.09. The summed E-state index contributed by atoms with van der Waals surface area (Å²) in [5.74, 6) is 0.278. The normalized spacial score (nSPS) is 10.3. The van der Waals surface area contributed by atoms with Crippen LogP contribution in [0.25, 0.3) is 0 Å². The highest BCUT2D eigenvalue weighted by molar-refractivity contribution is 5.93. The standard InChI is InChI=1S/C16H20N4O2/c1-12-5-3-6-14(9-12)20-16-18-10-13(11-19-16)15(21)17-7-4-8-22-2/h3,5-6,9-11H,4,7-8H2,1-2H3,(H,17,21)(H,18,19,20). The summed E-state index contributed by atoms with van der Waals surface area (Å²) in [5, 5.41) is 5.89. The molecule has 0 saturated carbocycles. The average molecular weight is 300 g/mol. The number of hydrogen-bond acceptors (Lipinski definition) is 5. The third kappa shape index (κ3) is 4.82. The molecule has 2 N–H and O–H groups in total. The number of anilines is 2. The molecule has 2 rings (SSSR count). The molecule has 1 amide bonds. The number of ether oxygens (including phenoxy) is 1. The number of methoxy groups -OCH3 is 1. The van der Waals surface area contributed by atoms with Crippen LogP contribution in [-0.2, 0) is 4.74 Å². The molecule has 0 radical (unpaired) electrons. The first-order valence-corrected chi connectivity index (χ1v) is 7.12. The number of rotatable bonds is 7. The van der Waals surface area contributed by atoms with Gasteiger partial charge in [-0.2, -0.15) is 0 Å². The molecule has 6 heteroatoms. The van der Waals surface area contributed by atoms with Gasteiger partial charge in [0.2, 0.25) is 5.95 Å². The van der Waals surface area contributed by atoms with Gasteiger partial charge < -0.3 is 15.4 Å². The lowest BCUT2D eigenvalue weighted by Crippen LogP contribution is -2.25. The average Bonchev–Trinajstić information content (AvgIpc) is 2.52. The first kappa shape index (κ1) is 15.9. The molecule has 1 aromatic heterocycles. The maximum absolute atomic E-state index is 11.9. The van der Waals surface area contributed by atoms with E-state index in [1.54, 1.807) is 7.11 Å². The second-order valence-corrected chi connectivity index (χ2v) is 4.89. The predicted octanol–water partition coefficient (Wildman–Crippen LogP) is 2.29. The zero-order valence-corrected chi connectivity index (χ0v) is 12.8. The molecule has 0 saturated heterocycles. The molecule has 116 valence electrons. The van der Waals surface area contributed by atoms with Gasteiger partial charge in [-0.25, -0.2) is 9.97 Å². The molecule has 2 aromatic rings. The quantitative estimate of drug-likeness (QED) is 0.767. The summed E-state index contributed by atoms with van der Waals surface area (Å²) in [4.78, 5) is 20.2. The van der Waals surface area contributed by atoms with Crippen molar-refractivity contribution in [3.05, 3.63) is 47.8 Å². The molecule has 0 bridgehead atoms. The van der Waals surface area contributed by atoms with Gasteiger partial charge in [0.1, 0.15) is 0 Å². The maximum atomic E-state index is 11.9. The smallest absolute Gasteiger partial charge is 0.254 e. The van der Waals surface area contributed by atoms with E-state index < -0.39 is 0 Å². The lowest BCUT2D eigenvalue weighted by atomic mass is 10.2. The second-order valence-electron chi connectivity index (χ2n) is 4.89. The number of amides is 1. The van der Waals surface area contributed by atoms with Crippen molar-refractivity contribution < 1.29 is 9.53 Å². The number of aromatic nitrogens is 2. The third-order valence-electron chi connectivity index (χ3n) is 3.00. The van der Waals surface area contributed by atoms with Gasteiger partial charge in [-0.3, -0.25) is 4.79 Å². The summed E-state index contributed by atoms with van der Waals surface area (Å²) in [5.41, 5.74) is 2.50. The highest BCUT2D eigenvalue weighted by Gasteiger charge is 2.06. The number of nitrogens with zero attached hydrogens (tertiary/aromatic N) is 2. The summed E-state index contributed by atoms with van der Waals surface area (Å²) in [6.07, 6.45) is 3.80. The van der Waals surface area contributed by atoms with E-state index in [0.717, 1.165) is 17.7 Å². The van der Waals surface area contributed by atoms with E-state index in [4.69, 9.17) is 4.74 Å².